The fourth-order valence-electron chi connectivity index (χ4n) is 9.94. The van der Waals surface area contributed by atoms with Gasteiger partial charge in [0.25, 0.3) is 0 Å². The van der Waals surface area contributed by atoms with Gasteiger partial charge in [0.05, 0.1) is 13.2 Å². The van der Waals surface area contributed by atoms with Crippen molar-refractivity contribution >= 4 is 49.3 Å². The van der Waals surface area contributed by atoms with Gasteiger partial charge in [0.1, 0.15) is 25.4 Å². The molecule has 0 saturated heterocycles. The summed E-state index contributed by atoms with van der Waals surface area (Å²) in [7, 11) is 10.4. The SMILES string of the molecule is CC(CN(CCCN(C)C)CCCN(C)C)OC(=O)NCCCCCCCC(=O)OCCOCCC[Si](C)(C)O[Si](C)(C)O[Si](C)(C)CCCOCCOC(=O)CCCCCCCNC(=O)OC(C)CN(CCCN(C)C)CCCN(C)C. The fraction of sp³-hybridized carbons (Fsp3) is 0.933. The van der Waals surface area contributed by atoms with Crippen LogP contribution in [0.1, 0.15) is 129 Å². The molecule has 0 aliphatic rings. The summed E-state index contributed by atoms with van der Waals surface area (Å²) in [6, 6.07) is 1.91. The second-order valence-corrected chi connectivity index (χ2v) is 38.0. The lowest BCUT2D eigenvalue weighted by Crippen LogP contribution is -2.52. The Balaban J connectivity index is 4.02. The Bertz CT molecular complexity index is 1480. The Morgan fingerprint density at radius 3 is 1.02 bits per heavy atom. The molecule has 492 valence electrons. The number of nitrogens with zero attached hydrogens (tertiary/aromatic N) is 6. The summed E-state index contributed by atoms with van der Waals surface area (Å²) in [5.41, 5.74) is 0. The van der Waals surface area contributed by atoms with Crippen molar-refractivity contribution in [1.82, 2.24) is 40.0 Å². The summed E-state index contributed by atoms with van der Waals surface area (Å²) >= 11 is 0. The van der Waals surface area contributed by atoms with Gasteiger partial charge in [0, 0.05) is 52.2 Å². The first kappa shape index (κ1) is 80.7. The highest BCUT2D eigenvalue weighted by molar-refractivity contribution is 6.87. The van der Waals surface area contributed by atoms with E-state index in [-0.39, 0.29) is 49.5 Å². The number of unbranched alkanes of at least 4 members (excludes halogenated alkanes) is 8. The van der Waals surface area contributed by atoms with Crippen LogP contribution in [0.15, 0.2) is 0 Å². The molecule has 0 rings (SSSR count). The average molecular weight is 1240 g/mol. The van der Waals surface area contributed by atoms with Crippen molar-refractivity contribution in [1.29, 1.82) is 0 Å². The Hall–Kier alpha value is -2.27. The molecule has 23 heteroatoms. The van der Waals surface area contributed by atoms with E-state index in [0.717, 1.165) is 180 Å². The maximum Gasteiger partial charge on any atom is 0.407 e. The molecule has 0 spiro atoms. The lowest BCUT2D eigenvalue weighted by atomic mass is 10.1. The molecule has 0 aromatic carbocycles. The number of alkyl carbamates (subject to hydrolysis) is 2. The molecule has 83 heavy (non-hydrogen) atoms. The second kappa shape index (κ2) is 49.7. The predicted molar refractivity (Wildman–Crippen MR) is 346 cm³/mol. The number of nitrogens with one attached hydrogen (secondary N) is 2. The molecule has 2 N–H and O–H groups in total. The van der Waals surface area contributed by atoms with Crippen LogP contribution < -0.4 is 10.6 Å². The molecule has 0 aliphatic carbocycles. The van der Waals surface area contributed by atoms with Crippen LogP contribution in [0.3, 0.4) is 0 Å². The van der Waals surface area contributed by atoms with Crippen molar-refractivity contribution in [3.63, 3.8) is 0 Å². The summed E-state index contributed by atoms with van der Waals surface area (Å²) in [5.74, 6) is -0.377. The third-order valence-electron chi connectivity index (χ3n) is 13.8. The molecule has 0 saturated carbocycles. The van der Waals surface area contributed by atoms with Crippen molar-refractivity contribution in [2.75, 3.05) is 175 Å². The highest BCUT2D eigenvalue weighted by Crippen LogP contribution is 2.26. The van der Waals surface area contributed by atoms with Crippen LogP contribution in [0, 0.1) is 0 Å². The maximum absolute atomic E-state index is 12.4. The average Bonchev–Trinajstić information content (AvgIpc) is 3.39. The number of rotatable bonds is 56. The monoisotopic (exact) mass is 1240 g/mol. The Morgan fingerprint density at radius 2 is 0.699 bits per heavy atom. The normalized spacial score (nSPS) is 13.2. The van der Waals surface area contributed by atoms with Gasteiger partial charge in [-0.15, -0.1) is 0 Å². The molecular weight excluding hydrogens is 1110 g/mol. The molecule has 2 amide bonds. The van der Waals surface area contributed by atoms with Gasteiger partial charge >= 0.3 is 32.7 Å². The lowest BCUT2D eigenvalue weighted by Gasteiger charge is -2.38. The zero-order chi connectivity index (χ0) is 62.4. The van der Waals surface area contributed by atoms with E-state index in [1.54, 1.807) is 0 Å². The van der Waals surface area contributed by atoms with E-state index in [1.807, 2.05) is 13.8 Å². The van der Waals surface area contributed by atoms with E-state index in [1.165, 1.54) is 0 Å². The van der Waals surface area contributed by atoms with Gasteiger partial charge in [-0.1, -0.05) is 38.5 Å². The first-order valence-electron chi connectivity index (χ1n) is 32.0. The van der Waals surface area contributed by atoms with E-state index in [4.69, 9.17) is 36.7 Å². The minimum atomic E-state index is -2.37. The quantitative estimate of drug-likeness (QED) is 0.0254. The van der Waals surface area contributed by atoms with E-state index in [9.17, 15) is 19.2 Å². The summed E-state index contributed by atoms with van der Waals surface area (Å²) in [4.78, 5) is 63.0. The van der Waals surface area contributed by atoms with Gasteiger partial charge in [0.15, 0.2) is 16.6 Å². The van der Waals surface area contributed by atoms with Gasteiger partial charge in [-0.25, -0.2) is 9.59 Å². The highest BCUT2D eigenvalue weighted by Gasteiger charge is 2.39. The van der Waals surface area contributed by atoms with E-state index in [0.29, 0.717) is 52.4 Å². The van der Waals surface area contributed by atoms with Crippen LogP contribution >= 0.6 is 0 Å². The van der Waals surface area contributed by atoms with E-state index < -0.39 is 25.2 Å². The molecule has 0 bridgehead atoms. The zero-order valence-electron chi connectivity index (χ0n) is 56.1. The van der Waals surface area contributed by atoms with Crippen molar-refractivity contribution in [2.24, 2.45) is 0 Å². The van der Waals surface area contributed by atoms with Crippen molar-refractivity contribution < 1.29 is 55.8 Å². The number of hydrogen-bond acceptors (Lipinski definition) is 18. The van der Waals surface area contributed by atoms with Gasteiger partial charge in [-0.05, 0) is 238 Å². The number of ether oxygens (including phenoxy) is 6. The molecule has 2 atom stereocenters. The second-order valence-electron chi connectivity index (χ2n) is 25.5. The molecule has 2 unspecified atom stereocenters. The van der Waals surface area contributed by atoms with Gasteiger partial charge < -0.3 is 66.9 Å². The van der Waals surface area contributed by atoms with Gasteiger partial charge in [0.2, 0.25) is 0 Å². The standard InChI is InChI=1S/C60H128N8O12Si3/c1-55(53-67(41-27-37-63(3)4)42-28-38-64(5)6)77-59(71)61-35-25-21-17-19-23-33-57(69)75-49-47-73-45-31-51-81(11,12)79-83(15,16)80-82(13,14)52-32-46-74-48-50-76-58(70)34-24-20-18-22-26-36-62-60(72)78-56(2)54-68(43-29-39-65(7)8)44-30-40-66(9)10/h55-56H,17-54H2,1-16H3,(H,61,71)(H,62,72). The first-order valence-corrected chi connectivity index (χ1v) is 41.0. The number of esters is 2. The topological polar surface area (TPSA) is 186 Å². The van der Waals surface area contributed by atoms with Crippen LogP contribution in [0.5, 0.6) is 0 Å². The molecule has 0 fully saturated rings. The Labute approximate surface area is 510 Å². The number of hydrogen-bond donors (Lipinski definition) is 2. The zero-order valence-corrected chi connectivity index (χ0v) is 59.1. The molecule has 0 aromatic rings. The van der Waals surface area contributed by atoms with Crippen molar-refractivity contribution in [3.05, 3.63) is 0 Å². The molecule has 20 nitrogen and oxygen atoms in total. The molecule has 0 aromatic heterocycles. The third-order valence-corrected chi connectivity index (χ3v) is 25.2. The predicted octanol–water partition coefficient (Wildman–Crippen LogP) is 9.35. The van der Waals surface area contributed by atoms with Gasteiger partial charge in [-0.2, -0.15) is 0 Å². The van der Waals surface area contributed by atoms with Crippen LogP contribution in [-0.2, 0) is 46.2 Å². The summed E-state index contributed by atoms with van der Waals surface area (Å²) < 4.78 is 47.3. The molecule has 0 aliphatic heterocycles. The lowest BCUT2D eigenvalue weighted by molar-refractivity contribution is -0.146. The summed E-state index contributed by atoms with van der Waals surface area (Å²) in [6.07, 6.45) is 14.9. The molecular formula is C60H128N8O12Si3. The minimum absolute atomic E-state index is 0.183. The maximum atomic E-state index is 12.4. The largest absolute Gasteiger partial charge is 0.463 e. The Kier molecular flexibility index (Phi) is 48.3. The Morgan fingerprint density at radius 1 is 0.386 bits per heavy atom. The minimum Gasteiger partial charge on any atom is -0.463 e. The number of amides is 2. The number of carbonyl (C=O) groups is 4. The molecule has 0 radical (unpaired) electrons. The summed E-state index contributed by atoms with van der Waals surface area (Å²) in [6.45, 7) is 30.4. The van der Waals surface area contributed by atoms with Crippen LogP contribution in [0.4, 0.5) is 9.59 Å². The van der Waals surface area contributed by atoms with Crippen molar-refractivity contribution in [2.45, 2.75) is 193 Å². The van der Waals surface area contributed by atoms with E-state index in [2.05, 4.69) is 136 Å². The summed E-state index contributed by atoms with van der Waals surface area (Å²) in [5, 5.41) is 5.80. The number of carbonyl (C=O) groups excluding carboxylic acids is 4. The first-order chi connectivity index (χ1) is 39.2. The molecule has 0 heterocycles. The van der Waals surface area contributed by atoms with Gasteiger partial charge in [-0.3, -0.25) is 19.4 Å². The van der Waals surface area contributed by atoms with E-state index >= 15 is 0 Å². The smallest absolute Gasteiger partial charge is 0.407 e. The van der Waals surface area contributed by atoms with Crippen LogP contribution in [0.2, 0.25) is 51.4 Å². The third kappa shape index (κ3) is 54.8. The van der Waals surface area contributed by atoms with Crippen LogP contribution in [-0.4, -0.2) is 265 Å². The highest BCUT2D eigenvalue weighted by atomic mass is 28.5. The fourth-order valence-corrected chi connectivity index (χ4v) is 23.9. The van der Waals surface area contributed by atoms with Crippen molar-refractivity contribution in [3.8, 4) is 0 Å². The van der Waals surface area contributed by atoms with Crippen LogP contribution in [0.25, 0.3) is 0 Å².